The molecule has 0 saturated heterocycles. The molecule has 0 aromatic heterocycles. The van der Waals surface area contributed by atoms with Crippen molar-refractivity contribution in [3.05, 3.63) is 81.9 Å². The Morgan fingerprint density at radius 2 is 1.04 bits per heavy atom. The predicted molar refractivity (Wildman–Crippen MR) is 171 cm³/mol. The van der Waals surface area contributed by atoms with Crippen molar-refractivity contribution in [2.24, 2.45) is 11.8 Å². The maximum atomic E-state index is 12.7. The zero-order chi connectivity index (χ0) is 32.2. The molecule has 0 N–H and O–H groups in total. The van der Waals surface area contributed by atoms with Crippen LogP contribution in [0.5, 0.6) is 11.5 Å². The van der Waals surface area contributed by atoms with E-state index >= 15 is 0 Å². The minimum absolute atomic E-state index is 0.112. The first kappa shape index (κ1) is 33.3. The number of fused-ring (bicyclic) bond motifs is 2. The van der Waals surface area contributed by atoms with Gasteiger partial charge in [0, 0.05) is 9.13 Å². The van der Waals surface area contributed by atoms with E-state index in [2.05, 4.69) is 22.6 Å². The Morgan fingerprint density at radius 3 is 1.51 bits per heavy atom. The van der Waals surface area contributed by atoms with E-state index in [1.54, 1.807) is 18.2 Å². The van der Waals surface area contributed by atoms with Crippen molar-refractivity contribution in [1.82, 2.24) is 0 Å². The molecular formula is C35H33F6IO3. The highest BCUT2D eigenvalue weighted by molar-refractivity contribution is 14.1. The van der Waals surface area contributed by atoms with Gasteiger partial charge in [-0.25, -0.2) is 0 Å². The Kier molecular flexibility index (Phi) is 10.5. The van der Waals surface area contributed by atoms with Crippen LogP contribution in [0.4, 0.5) is 26.3 Å². The van der Waals surface area contributed by atoms with Crippen LogP contribution in [0.3, 0.4) is 0 Å². The molecule has 240 valence electrons. The van der Waals surface area contributed by atoms with E-state index in [4.69, 9.17) is 9.47 Å². The first-order chi connectivity index (χ1) is 21.4. The molecule has 2 aliphatic carbocycles. The second kappa shape index (κ2) is 14.2. The monoisotopic (exact) mass is 742 g/mol. The molecule has 2 aliphatic rings. The van der Waals surface area contributed by atoms with Gasteiger partial charge in [0.05, 0.1) is 24.0 Å². The molecule has 6 rings (SSSR count). The summed E-state index contributed by atoms with van der Waals surface area (Å²) in [5, 5.41) is 3.98. The number of carbonyl (C=O) groups excluding carboxylic acids is 1. The quantitative estimate of drug-likeness (QED) is 0.116. The molecule has 2 saturated carbocycles. The summed E-state index contributed by atoms with van der Waals surface area (Å²) >= 11 is 2.28. The van der Waals surface area contributed by atoms with Crippen molar-refractivity contribution in [3.8, 4) is 11.5 Å². The van der Waals surface area contributed by atoms with Crippen LogP contribution in [0, 0.1) is 15.4 Å². The summed E-state index contributed by atoms with van der Waals surface area (Å²) in [6, 6.07) is 22.8. The molecule has 4 aromatic carbocycles. The fourth-order valence-electron chi connectivity index (χ4n) is 6.14. The molecule has 0 unspecified atom stereocenters. The van der Waals surface area contributed by atoms with Gasteiger partial charge in [0.15, 0.2) is 6.29 Å². The van der Waals surface area contributed by atoms with Gasteiger partial charge >= 0.3 is 12.4 Å². The summed E-state index contributed by atoms with van der Waals surface area (Å²) < 4.78 is 88.9. The van der Waals surface area contributed by atoms with Gasteiger partial charge in [0.25, 0.3) is 0 Å². The van der Waals surface area contributed by atoms with E-state index in [0.717, 1.165) is 37.2 Å². The van der Waals surface area contributed by atoms with Crippen LogP contribution in [0.25, 0.3) is 21.5 Å². The van der Waals surface area contributed by atoms with Gasteiger partial charge in [0.2, 0.25) is 0 Å². The van der Waals surface area contributed by atoms with Gasteiger partial charge < -0.3 is 9.47 Å². The summed E-state index contributed by atoms with van der Waals surface area (Å²) in [7, 11) is 0. The zero-order valence-electron chi connectivity index (χ0n) is 24.3. The number of rotatable bonds is 5. The van der Waals surface area contributed by atoms with Gasteiger partial charge in [-0.3, -0.25) is 4.79 Å². The van der Waals surface area contributed by atoms with Crippen LogP contribution < -0.4 is 9.47 Å². The third kappa shape index (κ3) is 8.62. The average molecular weight is 743 g/mol. The molecule has 0 bridgehead atoms. The highest BCUT2D eigenvalue weighted by Gasteiger charge is 2.42. The SMILES string of the molecule is FC(F)(F)C1CCC(Oc2ccc3cccc(I)c3c2)CC1.O=Cc1cccc2ccc(OC3CCC(C(F)(F)F)CC3)cc12. The Balaban J connectivity index is 0.000000178. The summed E-state index contributed by atoms with van der Waals surface area (Å²) in [4.78, 5) is 11.1. The molecule has 0 radical (unpaired) electrons. The Labute approximate surface area is 271 Å². The van der Waals surface area contributed by atoms with Crippen LogP contribution in [-0.2, 0) is 0 Å². The highest BCUT2D eigenvalue weighted by Crippen LogP contribution is 2.40. The Bertz CT molecular complexity index is 1600. The number of halogens is 7. The lowest BCUT2D eigenvalue weighted by molar-refractivity contribution is -0.186. The number of hydrogen-bond acceptors (Lipinski definition) is 3. The van der Waals surface area contributed by atoms with Crippen LogP contribution in [0.15, 0.2) is 72.8 Å². The molecule has 4 aromatic rings. The summed E-state index contributed by atoms with van der Waals surface area (Å²) in [6.07, 6.45) is -5.40. The average Bonchev–Trinajstić information content (AvgIpc) is 3.01. The molecule has 0 atom stereocenters. The summed E-state index contributed by atoms with van der Waals surface area (Å²) in [5.41, 5.74) is 0.578. The smallest absolute Gasteiger partial charge is 0.391 e. The highest BCUT2D eigenvalue weighted by atomic mass is 127. The molecular weight excluding hydrogens is 709 g/mol. The van der Waals surface area contributed by atoms with Gasteiger partial charge in [-0.2, -0.15) is 26.3 Å². The molecule has 10 heteroatoms. The van der Waals surface area contributed by atoms with Gasteiger partial charge in [0.1, 0.15) is 11.5 Å². The van der Waals surface area contributed by atoms with Crippen molar-refractivity contribution in [2.75, 3.05) is 0 Å². The van der Waals surface area contributed by atoms with E-state index in [-0.39, 0.29) is 37.9 Å². The topological polar surface area (TPSA) is 35.5 Å². The molecule has 0 aliphatic heterocycles. The predicted octanol–water partition coefficient (Wildman–Crippen LogP) is 11.1. The van der Waals surface area contributed by atoms with Crippen molar-refractivity contribution < 1.29 is 40.6 Å². The van der Waals surface area contributed by atoms with Gasteiger partial charge in [-0.15, -0.1) is 0 Å². The first-order valence-electron chi connectivity index (χ1n) is 15.0. The van der Waals surface area contributed by atoms with E-state index < -0.39 is 24.2 Å². The van der Waals surface area contributed by atoms with Gasteiger partial charge in [-0.05, 0) is 126 Å². The minimum Gasteiger partial charge on any atom is -0.490 e. The van der Waals surface area contributed by atoms with Crippen LogP contribution >= 0.6 is 22.6 Å². The number of aldehydes is 1. The zero-order valence-corrected chi connectivity index (χ0v) is 26.5. The van der Waals surface area contributed by atoms with E-state index in [1.165, 1.54) is 0 Å². The van der Waals surface area contributed by atoms with Crippen molar-refractivity contribution in [3.63, 3.8) is 0 Å². The molecule has 2 fully saturated rings. The lowest BCUT2D eigenvalue weighted by atomic mass is 9.87. The second-order valence-corrected chi connectivity index (χ2v) is 12.9. The van der Waals surface area contributed by atoms with Crippen molar-refractivity contribution in [1.29, 1.82) is 0 Å². The fraction of sp³-hybridized carbons (Fsp3) is 0.400. The van der Waals surface area contributed by atoms with E-state index in [9.17, 15) is 31.1 Å². The molecule has 0 heterocycles. The normalized spacial score (nSPS) is 22.4. The van der Waals surface area contributed by atoms with E-state index in [1.807, 2.05) is 54.6 Å². The molecule has 45 heavy (non-hydrogen) atoms. The standard InChI is InChI=1S/C18H17F3O2.C17H16F3IO/c19-18(20,21)14-5-8-15(9-6-14)23-16-7-4-12-2-1-3-13(11-22)17(12)10-16;18-17(19,20)12-5-8-13(9-6-12)22-14-7-4-11-2-1-3-16(21)15(11)10-14/h1-4,7,10-11,14-15H,5-6,8-9H2;1-4,7,10,12-13H,5-6,8-9H2. The largest absolute Gasteiger partial charge is 0.490 e. The molecule has 3 nitrogen and oxygen atoms in total. The Morgan fingerprint density at radius 1 is 0.600 bits per heavy atom. The summed E-state index contributed by atoms with van der Waals surface area (Å²) in [6.45, 7) is 0. The number of benzene rings is 4. The third-order valence-electron chi connectivity index (χ3n) is 8.69. The van der Waals surface area contributed by atoms with E-state index in [0.29, 0.717) is 37.0 Å². The van der Waals surface area contributed by atoms with Crippen LogP contribution in [0.1, 0.15) is 61.7 Å². The number of alkyl halides is 6. The number of carbonyl (C=O) groups is 1. The lowest BCUT2D eigenvalue weighted by Crippen LogP contribution is -2.31. The maximum absolute atomic E-state index is 12.7. The second-order valence-electron chi connectivity index (χ2n) is 11.7. The van der Waals surface area contributed by atoms with Crippen molar-refractivity contribution in [2.45, 2.75) is 75.9 Å². The van der Waals surface area contributed by atoms with Gasteiger partial charge in [-0.1, -0.05) is 42.5 Å². The fourth-order valence-corrected chi connectivity index (χ4v) is 6.81. The van der Waals surface area contributed by atoms with Crippen molar-refractivity contribution >= 4 is 50.4 Å². The van der Waals surface area contributed by atoms with Crippen LogP contribution in [0.2, 0.25) is 0 Å². The first-order valence-corrected chi connectivity index (χ1v) is 16.1. The lowest BCUT2D eigenvalue weighted by Gasteiger charge is -2.30. The third-order valence-corrected chi connectivity index (χ3v) is 9.64. The maximum Gasteiger partial charge on any atom is 0.391 e. The minimum atomic E-state index is -4.10. The Hall–Kier alpha value is -3.02. The molecule has 0 spiro atoms. The number of ether oxygens (including phenoxy) is 2. The summed E-state index contributed by atoms with van der Waals surface area (Å²) in [5.74, 6) is -1.03. The number of hydrogen-bond donors (Lipinski definition) is 0. The van der Waals surface area contributed by atoms with Crippen LogP contribution in [-0.4, -0.2) is 30.8 Å². The molecule has 0 amide bonds.